The number of unbranched alkanes of at least 4 members (excludes halogenated alkanes) is 27. The third-order valence-corrected chi connectivity index (χ3v) is 10.6. The second-order valence-electron chi connectivity index (χ2n) is 14.8. The van der Waals surface area contributed by atoms with E-state index in [0.717, 1.165) is 38.5 Å². The molecule has 0 aliphatic rings. The Morgan fingerprint density at radius 1 is 0.509 bits per heavy atom. The Morgan fingerprint density at radius 2 is 0.830 bits per heavy atom. The van der Waals surface area contributed by atoms with E-state index < -0.39 is 51.1 Å². The molecule has 0 aromatic rings. The Labute approximate surface area is 323 Å². The first-order chi connectivity index (χ1) is 25.6. The Balaban J connectivity index is 4.23. The summed E-state index contributed by atoms with van der Waals surface area (Å²) in [6.07, 6.45) is 34.6. The van der Waals surface area contributed by atoms with Crippen LogP contribution in [0.4, 0.5) is 0 Å². The lowest BCUT2D eigenvalue weighted by Gasteiger charge is -2.20. The lowest BCUT2D eigenvalue weighted by Crippen LogP contribution is -2.34. The van der Waals surface area contributed by atoms with E-state index in [1.807, 2.05) is 0 Å². The number of phosphoric acid groups is 1. The van der Waals surface area contributed by atoms with E-state index in [-0.39, 0.29) is 19.4 Å². The summed E-state index contributed by atoms with van der Waals surface area (Å²) in [6, 6.07) is -1.52. The van der Waals surface area contributed by atoms with Gasteiger partial charge >= 0.3 is 25.7 Å². The van der Waals surface area contributed by atoms with Gasteiger partial charge in [-0.15, -0.1) is 0 Å². The molecular formula is C41H80NO10P. The van der Waals surface area contributed by atoms with Gasteiger partial charge in [-0.25, -0.2) is 4.57 Å². The summed E-state index contributed by atoms with van der Waals surface area (Å²) in [5, 5.41) is 8.87. The minimum absolute atomic E-state index is 0.168. The largest absolute Gasteiger partial charge is 0.480 e. The first-order valence-electron chi connectivity index (χ1n) is 21.6. The SMILES string of the molecule is CCCCCCCCCCCCCCCCCCCCCC(=O)OC[C@H](COP(=O)(O)OC[C@H](N)C(=O)O)OC(=O)CCCCCCCCCCCC. The second kappa shape index (κ2) is 37.4. The van der Waals surface area contributed by atoms with Crippen LogP contribution in [0.25, 0.3) is 0 Å². The third-order valence-electron chi connectivity index (χ3n) is 9.61. The van der Waals surface area contributed by atoms with Crippen LogP contribution in [0.2, 0.25) is 0 Å². The van der Waals surface area contributed by atoms with Crippen molar-refractivity contribution in [2.45, 2.75) is 225 Å². The molecular weight excluding hydrogens is 697 g/mol. The van der Waals surface area contributed by atoms with Gasteiger partial charge in [-0.1, -0.05) is 187 Å². The molecule has 0 saturated heterocycles. The quantitative estimate of drug-likeness (QED) is 0.0306. The van der Waals surface area contributed by atoms with Gasteiger partial charge in [0.25, 0.3) is 0 Å². The molecule has 314 valence electrons. The molecule has 4 N–H and O–H groups in total. The zero-order valence-electron chi connectivity index (χ0n) is 33.9. The molecule has 11 nitrogen and oxygen atoms in total. The second-order valence-corrected chi connectivity index (χ2v) is 16.3. The number of carbonyl (C=O) groups excluding carboxylic acids is 2. The molecule has 0 fully saturated rings. The summed E-state index contributed by atoms with van der Waals surface area (Å²) in [7, 11) is -4.70. The van der Waals surface area contributed by atoms with Gasteiger partial charge in [-0.05, 0) is 12.8 Å². The molecule has 0 heterocycles. The normalized spacial score (nSPS) is 13.7. The number of hydrogen-bond acceptors (Lipinski definition) is 9. The first-order valence-corrected chi connectivity index (χ1v) is 23.1. The summed E-state index contributed by atoms with van der Waals surface area (Å²) in [5.74, 6) is -2.36. The molecule has 53 heavy (non-hydrogen) atoms. The average Bonchev–Trinajstić information content (AvgIpc) is 3.13. The first kappa shape index (κ1) is 51.5. The van der Waals surface area contributed by atoms with Crippen LogP contribution in [0.5, 0.6) is 0 Å². The lowest BCUT2D eigenvalue weighted by molar-refractivity contribution is -0.161. The van der Waals surface area contributed by atoms with Crippen molar-refractivity contribution < 1.29 is 47.5 Å². The van der Waals surface area contributed by atoms with E-state index >= 15 is 0 Å². The maximum atomic E-state index is 12.5. The van der Waals surface area contributed by atoms with E-state index in [4.69, 9.17) is 24.8 Å². The van der Waals surface area contributed by atoms with Gasteiger partial charge in [0, 0.05) is 12.8 Å². The van der Waals surface area contributed by atoms with Crippen LogP contribution in [0.3, 0.4) is 0 Å². The van der Waals surface area contributed by atoms with Crippen LogP contribution in [0.15, 0.2) is 0 Å². The van der Waals surface area contributed by atoms with Crippen LogP contribution in [-0.2, 0) is 37.5 Å². The lowest BCUT2D eigenvalue weighted by atomic mass is 10.0. The molecule has 0 aromatic heterocycles. The van der Waals surface area contributed by atoms with E-state index in [0.29, 0.717) is 12.8 Å². The molecule has 0 aromatic carbocycles. The smallest absolute Gasteiger partial charge is 0.472 e. The van der Waals surface area contributed by atoms with Crippen molar-refractivity contribution in [1.29, 1.82) is 0 Å². The van der Waals surface area contributed by atoms with E-state index in [1.165, 1.54) is 135 Å². The van der Waals surface area contributed by atoms with Gasteiger partial charge in [0.15, 0.2) is 6.10 Å². The molecule has 0 bridgehead atoms. The number of hydrogen-bond donors (Lipinski definition) is 3. The Morgan fingerprint density at radius 3 is 1.19 bits per heavy atom. The summed E-state index contributed by atoms with van der Waals surface area (Å²) in [6.45, 7) is 2.81. The molecule has 0 spiro atoms. The molecule has 12 heteroatoms. The molecule has 1 unspecified atom stereocenters. The van der Waals surface area contributed by atoms with Crippen LogP contribution in [0, 0.1) is 0 Å². The highest BCUT2D eigenvalue weighted by molar-refractivity contribution is 7.47. The number of carbonyl (C=O) groups is 3. The van der Waals surface area contributed by atoms with Gasteiger partial charge in [-0.3, -0.25) is 23.4 Å². The Bertz CT molecular complexity index is 921. The predicted octanol–water partition coefficient (Wildman–Crippen LogP) is 11.1. The van der Waals surface area contributed by atoms with E-state index in [1.54, 1.807) is 0 Å². The zero-order chi connectivity index (χ0) is 39.3. The van der Waals surface area contributed by atoms with Crippen molar-refractivity contribution in [3.05, 3.63) is 0 Å². The Hall–Kier alpha value is -1.52. The fraction of sp³-hybridized carbons (Fsp3) is 0.927. The number of aliphatic carboxylic acids is 1. The maximum absolute atomic E-state index is 12.5. The van der Waals surface area contributed by atoms with E-state index in [9.17, 15) is 23.8 Å². The number of carboxylic acid groups (broad SMARTS) is 1. The van der Waals surface area contributed by atoms with Crippen molar-refractivity contribution in [2.75, 3.05) is 19.8 Å². The molecule has 0 rings (SSSR count). The minimum Gasteiger partial charge on any atom is -0.480 e. The minimum atomic E-state index is -4.70. The van der Waals surface area contributed by atoms with Crippen molar-refractivity contribution in [3.8, 4) is 0 Å². The van der Waals surface area contributed by atoms with Crippen LogP contribution in [-0.4, -0.2) is 59.9 Å². The predicted molar refractivity (Wildman–Crippen MR) is 213 cm³/mol. The van der Waals surface area contributed by atoms with Crippen molar-refractivity contribution >= 4 is 25.7 Å². The highest BCUT2D eigenvalue weighted by atomic mass is 31.2. The van der Waals surface area contributed by atoms with Crippen LogP contribution < -0.4 is 5.73 Å². The topological polar surface area (TPSA) is 172 Å². The Kier molecular flexibility index (Phi) is 36.3. The van der Waals surface area contributed by atoms with Gasteiger partial charge < -0.3 is 25.2 Å². The summed E-state index contributed by atoms with van der Waals surface area (Å²) < 4.78 is 32.6. The molecule has 0 radical (unpaired) electrons. The molecule has 0 saturated carbocycles. The number of ether oxygens (including phenoxy) is 2. The monoisotopic (exact) mass is 778 g/mol. The fourth-order valence-corrected chi connectivity index (χ4v) is 6.96. The van der Waals surface area contributed by atoms with Crippen molar-refractivity contribution in [2.24, 2.45) is 5.73 Å². The number of nitrogens with two attached hydrogens (primary N) is 1. The zero-order valence-corrected chi connectivity index (χ0v) is 34.8. The van der Waals surface area contributed by atoms with E-state index in [2.05, 4.69) is 18.4 Å². The number of esters is 2. The summed E-state index contributed by atoms with van der Waals surface area (Å²) in [4.78, 5) is 45.8. The molecule has 0 aliphatic carbocycles. The van der Waals surface area contributed by atoms with Gasteiger partial charge in [0.2, 0.25) is 0 Å². The molecule has 0 amide bonds. The van der Waals surface area contributed by atoms with Gasteiger partial charge in [0.05, 0.1) is 13.2 Å². The summed E-state index contributed by atoms with van der Waals surface area (Å²) in [5.41, 5.74) is 5.32. The van der Waals surface area contributed by atoms with Gasteiger partial charge in [-0.2, -0.15) is 0 Å². The number of carboxylic acids is 1. The van der Waals surface area contributed by atoms with Crippen molar-refractivity contribution in [3.63, 3.8) is 0 Å². The standard InChI is InChI=1S/C41H80NO10P/c1-3-5-7-9-11-13-15-16-17-18-19-20-21-22-23-25-26-28-30-32-39(43)49-34-37(35-50-53(47,48)51-36-38(42)41(45)46)52-40(44)33-31-29-27-24-14-12-10-8-6-4-2/h37-38H,3-36,42H2,1-2H3,(H,45,46)(H,47,48)/t37-,38+/m1/s1. The van der Waals surface area contributed by atoms with Gasteiger partial charge in [0.1, 0.15) is 12.6 Å². The maximum Gasteiger partial charge on any atom is 0.472 e. The van der Waals surface area contributed by atoms with Crippen LogP contribution >= 0.6 is 7.82 Å². The highest BCUT2D eigenvalue weighted by Crippen LogP contribution is 2.43. The number of phosphoric ester groups is 1. The molecule has 3 atom stereocenters. The molecule has 0 aliphatic heterocycles. The third kappa shape index (κ3) is 37.2. The van der Waals surface area contributed by atoms with Crippen LogP contribution in [0.1, 0.15) is 213 Å². The highest BCUT2D eigenvalue weighted by Gasteiger charge is 2.28. The fourth-order valence-electron chi connectivity index (χ4n) is 6.18. The van der Waals surface area contributed by atoms with Crippen molar-refractivity contribution in [1.82, 2.24) is 0 Å². The number of rotatable bonds is 41. The average molecular weight is 778 g/mol. The summed E-state index contributed by atoms with van der Waals surface area (Å²) >= 11 is 0.